The van der Waals surface area contributed by atoms with Crippen molar-refractivity contribution in [3.05, 3.63) is 39.7 Å². The van der Waals surface area contributed by atoms with Crippen molar-refractivity contribution in [1.82, 2.24) is 9.88 Å². The number of carbonyl (C=O) groups excluding carboxylic acids is 1. The van der Waals surface area contributed by atoms with Crippen molar-refractivity contribution in [2.45, 2.75) is 116 Å². The highest BCUT2D eigenvalue weighted by molar-refractivity contribution is 7.14. The SMILES string of the molecule is CC1CCC(C(=O)N(c2cc(C(C)(C)C)sc2C(=O)O)C2CCC(Oc3cc(CN4CCCC4)ccn3)CC2)CC1. The summed E-state index contributed by atoms with van der Waals surface area (Å²) in [6.07, 6.45) is 11.5. The predicted molar refractivity (Wildman–Crippen MR) is 164 cm³/mol. The number of pyridine rings is 1. The van der Waals surface area contributed by atoms with Gasteiger partial charge in [-0.1, -0.05) is 27.7 Å². The van der Waals surface area contributed by atoms with Gasteiger partial charge in [0.15, 0.2) is 0 Å². The largest absolute Gasteiger partial charge is 0.477 e. The van der Waals surface area contributed by atoms with Gasteiger partial charge < -0.3 is 14.7 Å². The fourth-order valence-corrected chi connectivity index (χ4v) is 7.73. The molecule has 224 valence electrons. The number of thiophene rings is 1. The first-order valence-electron chi connectivity index (χ1n) is 15.6. The van der Waals surface area contributed by atoms with Crippen LogP contribution < -0.4 is 9.64 Å². The van der Waals surface area contributed by atoms with E-state index in [2.05, 4.69) is 49.7 Å². The molecule has 0 bridgehead atoms. The minimum absolute atomic E-state index is 0.0309. The zero-order chi connectivity index (χ0) is 29.1. The lowest BCUT2D eigenvalue weighted by molar-refractivity contribution is -0.124. The second-order valence-corrected chi connectivity index (χ2v) is 14.6. The van der Waals surface area contributed by atoms with E-state index >= 15 is 0 Å². The number of ether oxygens (including phenoxy) is 1. The maximum Gasteiger partial charge on any atom is 0.348 e. The molecule has 1 amide bonds. The second-order valence-electron chi connectivity index (χ2n) is 13.6. The van der Waals surface area contributed by atoms with E-state index in [4.69, 9.17) is 4.74 Å². The summed E-state index contributed by atoms with van der Waals surface area (Å²) in [5.74, 6) is 0.439. The normalized spacial score (nSPS) is 25.7. The van der Waals surface area contributed by atoms with E-state index in [1.165, 1.54) is 29.7 Å². The zero-order valence-corrected chi connectivity index (χ0v) is 26.0. The van der Waals surface area contributed by atoms with Gasteiger partial charge in [0, 0.05) is 35.6 Å². The smallest absolute Gasteiger partial charge is 0.348 e. The van der Waals surface area contributed by atoms with Crippen LogP contribution in [0, 0.1) is 11.8 Å². The molecule has 2 aromatic heterocycles. The Morgan fingerprint density at radius 1 is 1.05 bits per heavy atom. The number of aromatic nitrogens is 1. The summed E-state index contributed by atoms with van der Waals surface area (Å²) in [7, 11) is 0. The molecule has 0 radical (unpaired) electrons. The van der Waals surface area contributed by atoms with Gasteiger partial charge in [0.2, 0.25) is 11.8 Å². The fourth-order valence-electron chi connectivity index (χ4n) is 6.69. The van der Waals surface area contributed by atoms with Crippen LogP contribution in [0.4, 0.5) is 5.69 Å². The van der Waals surface area contributed by atoms with E-state index in [1.54, 1.807) is 0 Å². The number of rotatable bonds is 8. The summed E-state index contributed by atoms with van der Waals surface area (Å²) in [5, 5.41) is 10.2. The highest BCUT2D eigenvalue weighted by Gasteiger charge is 2.38. The van der Waals surface area contributed by atoms with Gasteiger partial charge in [-0.2, -0.15) is 0 Å². The average Bonchev–Trinajstić information content (AvgIpc) is 3.61. The van der Waals surface area contributed by atoms with Crippen LogP contribution in [-0.4, -0.2) is 52.1 Å². The van der Waals surface area contributed by atoms with Crippen molar-refractivity contribution >= 4 is 28.9 Å². The van der Waals surface area contributed by atoms with Gasteiger partial charge in [-0.25, -0.2) is 9.78 Å². The van der Waals surface area contributed by atoms with Gasteiger partial charge >= 0.3 is 5.97 Å². The fraction of sp³-hybridized carbons (Fsp3) is 0.667. The first-order valence-corrected chi connectivity index (χ1v) is 16.4. The number of hydrogen-bond acceptors (Lipinski definition) is 6. The Hall–Kier alpha value is -2.45. The molecule has 1 saturated heterocycles. The molecule has 2 aromatic rings. The molecule has 1 aliphatic heterocycles. The Labute approximate surface area is 249 Å². The van der Waals surface area contributed by atoms with Gasteiger partial charge in [0.25, 0.3) is 0 Å². The number of aromatic carboxylic acids is 1. The van der Waals surface area contributed by atoms with Crippen LogP contribution in [0.2, 0.25) is 0 Å². The van der Waals surface area contributed by atoms with Crippen LogP contribution in [0.3, 0.4) is 0 Å². The van der Waals surface area contributed by atoms with Gasteiger partial charge in [-0.3, -0.25) is 9.69 Å². The molecular weight excluding hydrogens is 534 g/mol. The lowest BCUT2D eigenvalue weighted by Crippen LogP contribution is -2.47. The molecule has 0 atom stereocenters. The quantitative estimate of drug-likeness (QED) is 0.353. The number of nitrogens with zero attached hydrogens (tertiary/aromatic N) is 3. The lowest BCUT2D eigenvalue weighted by atomic mass is 9.81. The second kappa shape index (κ2) is 12.8. The molecular formula is C33H47N3O4S. The molecule has 3 heterocycles. The highest BCUT2D eigenvalue weighted by Crippen LogP contribution is 2.42. The van der Waals surface area contributed by atoms with Crippen LogP contribution in [-0.2, 0) is 16.8 Å². The Morgan fingerprint density at radius 2 is 1.73 bits per heavy atom. The molecule has 0 aromatic carbocycles. The molecule has 41 heavy (non-hydrogen) atoms. The Kier molecular flexibility index (Phi) is 9.39. The maximum absolute atomic E-state index is 14.2. The van der Waals surface area contributed by atoms with Crippen LogP contribution in [0.15, 0.2) is 24.4 Å². The summed E-state index contributed by atoms with van der Waals surface area (Å²) < 4.78 is 6.37. The minimum Gasteiger partial charge on any atom is -0.477 e. The van der Waals surface area contributed by atoms with Gasteiger partial charge in [0.1, 0.15) is 11.0 Å². The standard InChI is InChI=1S/C33H47N3O4S/c1-22-7-9-24(10-8-22)31(37)36(27-20-28(33(2,3)4)41-30(27)32(38)39)25-11-13-26(14-12-25)40-29-19-23(15-16-34-29)21-35-17-5-6-18-35/h15-16,19-20,22,24-26H,5-14,17-18,21H2,1-4H3,(H,38,39). The van der Waals surface area contributed by atoms with E-state index in [0.29, 0.717) is 17.5 Å². The van der Waals surface area contributed by atoms with Gasteiger partial charge in [-0.15, -0.1) is 11.3 Å². The topological polar surface area (TPSA) is 83.0 Å². The number of carboxylic acid groups (broad SMARTS) is 1. The summed E-state index contributed by atoms with van der Waals surface area (Å²) in [6, 6.07) is 6.10. The summed E-state index contributed by atoms with van der Waals surface area (Å²) >= 11 is 1.32. The number of hydrogen-bond donors (Lipinski definition) is 1. The predicted octanol–water partition coefficient (Wildman–Crippen LogP) is 7.28. The number of anilines is 1. The van der Waals surface area contributed by atoms with E-state index in [0.717, 1.165) is 75.9 Å². The number of carbonyl (C=O) groups is 2. The number of likely N-dealkylation sites (tertiary alicyclic amines) is 1. The number of amides is 1. The molecule has 7 nitrogen and oxygen atoms in total. The van der Waals surface area contributed by atoms with E-state index in [-0.39, 0.29) is 34.3 Å². The molecule has 8 heteroatoms. The Bertz CT molecular complexity index is 1200. The Balaban J connectivity index is 1.32. The van der Waals surface area contributed by atoms with Crippen LogP contribution in [0.25, 0.3) is 0 Å². The van der Waals surface area contributed by atoms with Gasteiger partial charge in [0.05, 0.1) is 5.69 Å². The summed E-state index contributed by atoms with van der Waals surface area (Å²) in [5.41, 5.74) is 1.64. The molecule has 0 unspecified atom stereocenters. The van der Waals surface area contributed by atoms with E-state index < -0.39 is 5.97 Å². The van der Waals surface area contributed by atoms with Crippen LogP contribution >= 0.6 is 11.3 Å². The van der Waals surface area contributed by atoms with Crippen LogP contribution in [0.5, 0.6) is 5.88 Å². The third kappa shape index (κ3) is 7.31. The first kappa shape index (κ1) is 30.0. The zero-order valence-electron chi connectivity index (χ0n) is 25.2. The van der Waals surface area contributed by atoms with Crippen molar-refractivity contribution in [3.63, 3.8) is 0 Å². The summed E-state index contributed by atoms with van der Waals surface area (Å²) in [4.78, 5) is 36.8. The van der Waals surface area contributed by atoms with E-state index in [1.807, 2.05) is 17.2 Å². The minimum atomic E-state index is -0.951. The molecule has 3 aliphatic rings. The summed E-state index contributed by atoms with van der Waals surface area (Å²) in [6.45, 7) is 11.8. The maximum atomic E-state index is 14.2. The number of carboxylic acids is 1. The first-order chi connectivity index (χ1) is 19.6. The molecule has 0 spiro atoms. The van der Waals surface area contributed by atoms with Crippen molar-refractivity contribution < 1.29 is 19.4 Å². The van der Waals surface area contributed by atoms with E-state index in [9.17, 15) is 14.7 Å². The molecule has 3 fully saturated rings. The lowest BCUT2D eigenvalue weighted by Gasteiger charge is -2.39. The van der Waals surface area contributed by atoms with Crippen molar-refractivity contribution in [2.24, 2.45) is 11.8 Å². The average molecular weight is 582 g/mol. The van der Waals surface area contributed by atoms with Crippen LogP contribution in [0.1, 0.15) is 112 Å². The molecule has 2 aliphatic carbocycles. The highest BCUT2D eigenvalue weighted by atomic mass is 32.1. The van der Waals surface area contributed by atoms with Gasteiger partial charge in [-0.05, 0) is 106 Å². The van der Waals surface area contributed by atoms with Crippen molar-refractivity contribution in [1.29, 1.82) is 0 Å². The molecule has 1 N–H and O–H groups in total. The third-order valence-corrected chi connectivity index (χ3v) is 10.7. The monoisotopic (exact) mass is 581 g/mol. The Morgan fingerprint density at radius 3 is 2.37 bits per heavy atom. The third-order valence-electron chi connectivity index (χ3n) is 9.21. The van der Waals surface area contributed by atoms with Crippen molar-refractivity contribution in [2.75, 3.05) is 18.0 Å². The molecule has 2 saturated carbocycles. The molecule has 5 rings (SSSR count). The van der Waals surface area contributed by atoms with Crippen molar-refractivity contribution in [3.8, 4) is 5.88 Å².